The van der Waals surface area contributed by atoms with Gasteiger partial charge in [-0.3, -0.25) is 9.59 Å². The first-order chi connectivity index (χ1) is 7.78. The van der Waals surface area contributed by atoms with Crippen molar-refractivity contribution < 1.29 is 19.4 Å². The smallest absolute Gasteiger partial charge is 0.183 e. The Hall–Kier alpha value is -1.58. The molecule has 0 bridgehead atoms. The van der Waals surface area contributed by atoms with Gasteiger partial charge in [-0.05, 0) is 20.8 Å². The number of aliphatic hydroxyl groups is 1. The van der Waals surface area contributed by atoms with Gasteiger partial charge in [0.2, 0.25) is 0 Å². The zero-order valence-electron chi connectivity index (χ0n) is 10.9. The summed E-state index contributed by atoms with van der Waals surface area (Å²) in [5.41, 5.74) is -0.560. The van der Waals surface area contributed by atoms with E-state index in [1.165, 1.54) is 7.11 Å². The van der Waals surface area contributed by atoms with Crippen LogP contribution >= 0.6 is 0 Å². The maximum atomic E-state index is 12.2. The number of allylic oxidation sites excluding steroid dienone is 3. The second-order valence-corrected chi connectivity index (χ2v) is 4.61. The van der Waals surface area contributed by atoms with Crippen LogP contribution in [0.15, 0.2) is 22.7 Å². The van der Waals surface area contributed by atoms with Gasteiger partial charge in [-0.1, -0.05) is 6.92 Å². The molecule has 0 spiro atoms. The zero-order valence-corrected chi connectivity index (χ0v) is 10.9. The molecule has 0 aromatic heterocycles. The summed E-state index contributed by atoms with van der Waals surface area (Å²) in [5.74, 6) is -0.565. The molecule has 1 rings (SSSR count). The van der Waals surface area contributed by atoms with Gasteiger partial charge in [-0.2, -0.15) is 0 Å². The van der Waals surface area contributed by atoms with Crippen molar-refractivity contribution in [3.05, 3.63) is 22.7 Å². The van der Waals surface area contributed by atoms with Crippen LogP contribution in [-0.2, 0) is 14.3 Å². The molecule has 0 fully saturated rings. The van der Waals surface area contributed by atoms with Crippen LogP contribution in [0.2, 0.25) is 0 Å². The van der Waals surface area contributed by atoms with Crippen LogP contribution in [0.1, 0.15) is 34.1 Å². The average molecular weight is 238 g/mol. The molecular weight excluding hydrogens is 220 g/mol. The Morgan fingerprint density at radius 1 is 1.41 bits per heavy atom. The number of rotatable bonds is 3. The molecule has 0 atom stereocenters. The highest BCUT2D eigenvalue weighted by Gasteiger charge is 2.44. The number of Topliss-reactive ketones (excluding diaryl/α,β-unsaturated/α-hetero) is 2. The van der Waals surface area contributed by atoms with E-state index >= 15 is 0 Å². The van der Waals surface area contributed by atoms with Gasteiger partial charge in [0, 0.05) is 12.0 Å². The third-order valence-corrected chi connectivity index (χ3v) is 3.10. The molecule has 1 aliphatic rings. The summed E-state index contributed by atoms with van der Waals surface area (Å²) in [7, 11) is 1.45. The molecular formula is C13H18O4. The molecule has 0 radical (unpaired) electrons. The summed E-state index contributed by atoms with van der Waals surface area (Å²) in [4.78, 5) is 23.9. The van der Waals surface area contributed by atoms with E-state index in [4.69, 9.17) is 4.74 Å². The Labute approximate surface area is 101 Å². The number of carbonyl (C=O) groups is 2. The molecule has 0 aromatic rings. The normalized spacial score (nSPS) is 19.7. The van der Waals surface area contributed by atoms with Crippen molar-refractivity contribution in [2.75, 3.05) is 7.11 Å². The summed E-state index contributed by atoms with van der Waals surface area (Å²) >= 11 is 0. The van der Waals surface area contributed by atoms with Crippen molar-refractivity contribution in [3.63, 3.8) is 0 Å². The summed E-state index contributed by atoms with van der Waals surface area (Å²) in [5, 5.41) is 9.94. The first-order valence-electron chi connectivity index (χ1n) is 5.55. The number of carbonyl (C=O) groups excluding carboxylic acids is 2. The zero-order chi connectivity index (χ0) is 13.4. The number of aliphatic hydroxyl groups excluding tert-OH is 1. The van der Waals surface area contributed by atoms with Gasteiger partial charge in [-0.25, -0.2) is 0 Å². The van der Waals surface area contributed by atoms with E-state index in [0.29, 0.717) is 11.3 Å². The number of hydrogen-bond acceptors (Lipinski definition) is 4. The molecule has 0 unspecified atom stereocenters. The topological polar surface area (TPSA) is 63.6 Å². The van der Waals surface area contributed by atoms with Crippen LogP contribution in [0.4, 0.5) is 0 Å². The summed E-state index contributed by atoms with van der Waals surface area (Å²) in [6, 6.07) is 0. The SMILES string of the molecule is CCC(=O)C1=C(O)C(C)=C(OC)C(C)(C)C1=O. The Morgan fingerprint density at radius 3 is 2.35 bits per heavy atom. The van der Waals surface area contributed by atoms with Crippen LogP contribution in [0.5, 0.6) is 0 Å². The van der Waals surface area contributed by atoms with Gasteiger partial charge in [-0.15, -0.1) is 0 Å². The maximum absolute atomic E-state index is 12.2. The quantitative estimate of drug-likeness (QED) is 0.766. The molecule has 0 aromatic carbocycles. The van der Waals surface area contributed by atoms with Crippen LogP contribution in [0.3, 0.4) is 0 Å². The molecule has 0 saturated carbocycles. The molecule has 4 heteroatoms. The molecule has 94 valence electrons. The highest BCUT2D eigenvalue weighted by Crippen LogP contribution is 2.40. The average Bonchev–Trinajstić information content (AvgIpc) is 2.27. The minimum Gasteiger partial charge on any atom is -0.507 e. The van der Waals surface area contributed by atoms with E-state index in [0.717, 1.165) is 0 Å². The van der Waals surface area contributed by atoms with E-state index in [1.807, 2.05) is 0 Å². The molecule has 0 saturated heterocycles. The predicted octanol–water partition coefficient (Wildman–Crippen LogP) is 2.31. The van der Waals surface area contributed by atoms with E-state index in [-0.39, 0.29) is 29.3 Å². The lowest BCUT2D eigenvalue weighted by atomic mass is 9.74. The monoisotopic (exact) mass is 238 g/mol. The molecule has 0 heterocycles. The number of methoxy groups -OCH3 is 1. The Morgan fingerprint density at radius 2 is 1.94 bits per heavy atom. The van der Waals surface area contributed by atoms with E-state index in [1.54, 1.807) is 27.7 Å². The van der Waals surface area contributed by atoms with Gasteiger partial charge in [0.05, 0.1) is 12.5 Å². The molecule has 17 heavy (non-hydrogen) atoms. The van der Waals surface area contributed by atoms with Crippen molar-refractivity contribution in [2.24, 2.45) is 5.41 Å². The number of ether oxygens (including phenoxy) is 1. The minimum absolute atomic E-state index is 0.101. The number of ketones is 2. The van der Waals surface area contributed by atoms with Crippen LogP contribution in [0, 0.1) is 5.41 Å². The third-order valence-electron chi connectivity index (χ3n) is 3.10. The van der Waals surface area contributed by atoms with Crippen molar-refractivity contribution in [1.29, 1.82) is 0 Å². The summed E-state index contributed by atoms with van der Waals surface area (Å²) in [6.07, 6.45) is 0.191. The van der Waals surface area contributed by atoms with Gasteiger partial charge in [0.15, 0.2) is 11.6 Å². The lowest BCUT2D eigenvalue weighted by Gasteiger charge is -2.32. The van der Waals surface area contributed by atoms with Gasteiger partial charge < -0.3 is 9.84 Å². The fraction of sp³-hybridized carbons (Fsp3) is 0.538. The highest BCUT2D eigenvalue weighted by atomic mass is 16.5. The van der Waals surface area contributed by atoms with Crippen LogP contribution in [-0.4, -0.2) is 23.8 Å². The third kappa shape index (κ3) is 1.88. The van der Waals surface area contributed by atoms with Crippen LogP contribution < -0.4 is 0 Å². The molecule has 1 aliphatic carbocycles. The Bertz CT molecular complexity index is 438. The van der Waals surface area contributed by atoms with Gasteiger partial charge in [0.1, 0.15) is 17.1 Å². The first-order valence-corrected chi connectivity index (χ1v) is 5.55. The maximum Gasteiger partial charge on any atom is 0.183 e. The molecule has 1 N–H and O–H groups in total. The number of hydrogen-bond donors (Lipinski definition) is 1. The van der Waals surface area contributed by atoms with Crippen molar-refractivity contribution in [2.45, 2.75) is 34.1 Å². The second-order valence-electron chi connectivity index (χ2n) is 4.61. The lowest BCUT2D eigenvalue weighted by Crippen LogP contribution is -2.36. The van der Waals surface area contributed by atoms with Crippen molar-refractivity contribution in [1.82, 2.24) is 0 Å². The van der Waals surface area contributed by atoms with Gasteiger partial charge >= 0.3 is 0 Å². The van der Waals surface area contributed by atoms with E-state index in [2.05, 4.69) is 0 Å². The van der Waals surface area contributed by atoms with Crippen molar-refractivity contribution >= 4 is 11.6 Å². The largest absolute Gasteiger partial charge is 0.507 e. The summed E-state index contributed by atoms with van der Waals surface area (Å²) in [6.45, 7) is 6.68. The first kappa shape index (κ1) is 13.5. The second kappa shape index (κ2) is 4.35. The minimum atomic E-state index is -0.911. The van der Waals surface area contributed by atoms with Crippen LogP contribution in [0.25, 0.3) is 0 Å². The molecule has 0 amide bonds. The highest BCUT2D eigenvalue weighted by molar-refractivity contribution is 6.23. The summed E-state index contributed by atoms with van der Waals surface area (Å²) < 4.78 is 5.17. The van der Waals surface area contributed by atoms with Crippen molar-refractivity contribution in [3.8, 4) is 0 Å². The Balaban J connectivity index is 3.51. The fourth-order valence-electron chi connectivity index (χ4n) is 2.13. The molecule has 4 nitrogen and oxygen atoms in total. The lowest BCUT2D eigenvalue weighted by molar-refractivity contribution is -0.127. The Kier molecular flexibility index (Phi) is 3.45. The van der Waals surface area contributed by atoms with E-state index in [9.17, 15) is 14.7 Å². The standard InChI is InChI=1S/C13H18O4/c1-6-8(14)9-10(15)7(2)12(17-5)13(3,4)11(9)16/h15H,6H2,1-5H3. The van der Waals surface area contributed by atoms with Gasteiger partial charge in [0.25, 0.3) is 0 Å². The van der Waals surface area contributed by atoms with E-state index < -0.39 is 5.41 Å². The predicted molar refractivity (Wildman–Crippen MR) is 63.4 cm³/mol. The molecule has 0 aliphatic heterocycles. The fourth-order valence-corrected chi connectivity index (χ4v) is 2.13.